The monoisotopic (exact) mass is 319 g/mol. The molecule has 7 heteroatoms. The lowest BCUT2D eigenvalue weighted by Gasteiger charge is -2.28. The van der Waals surface area contributed by atoms with E-state index in [1.165, 1.54) is 23.0 Å². The van der Waals surface area contributed by atoms with Crippen LogP contribution < -0.4 is 0 Å². The SMILES string of the molecule is Cc1cc(F)ccc1-n1cc(O)c(C(=O)N2CCC(O)CC2)n1. The Bertz CT molecular complexity index is 736. The van der Waals surface area contributed by atoms with Gasteiger partial charge in [0.05, 0.1) is 18.0 Å². The number of halogens is 1. The molecule has 6 nitrogen and oxygen atoms in total. The molecule has 3 rings (SSSR count). The molecule has 0 aliphatic carbocycles. The minimum atomic E-state index is -0.382. The van der Waals surface area contributed by atoms with Crippen molar-refractivity contribution in [2.45, 2.75) is 25.9 Å². The Morgan fingerprint density at radius 2 is 2.04 bits per heavy atom. The molecule has 23 heavy (non-hydrogen) atoms. The van der Waals surface area contributed by atoms with E-state index in [-0.39, 0.29) is 29.3 Å². The fraction of sp³-hybridized carbons (Fsp3) is 0.375. The van der Waals surface area contributed by atoms with Gasteiger partial charge in [0.25, 0.3) is 5.91 Å². The Kier molecular flexibility index (Phi) is 4.04. The molecule has 1 aliphatic heterocycles. The third-order valence-corrected chi connectivity index (χ3v) is 4.05. The number of rotatable bonds is 2. The summed E-state index contributed by atoms with van der Waals surface area (Å²) >= 11 is 0. The van der Waals surface area contributed by atoms with Crippen molar-refractivity contribution in [3.05, 3.63) is 41.5 Å². The van der Waals surface area contributed by atoms with E-state index in [9.17, 15) is 19.4 Å². The van der Waals surface area contributed by atoms with Crippen LogP contribution in [0.2, 0.25) is 0 Å². The zero-order chi connectivity index (χ0) is 16.6. The van der Waals surface area contributed by atoms with Gasteiger partial charge in [0.2, 0.25) is 0 Å². The summed E-state index contributed by atoms with van der Waals surface area (Å²) in [6.07, 6.45) is 1.99. The number of aliphatic hydroxyl groups excluding tert-OH is 1. The smallest absolute Gasteiger partial charge is 0.278 e. The molecule has 0 spiro atoms. The van der Waals surface area contributed by atoms with Crippen molar-refractivity contribution < 1.29 is 19.4 Å². The molecule has 1 fully saturated rings. The molecule has 1 aliphatic rings. The molecule has 122 valence electrons. The summed E-state index contributed by atoms with van der Waals surface area (Å²) < 4.78 is 14.6. The number of hydrogen-bond donors (Lipinski definition) is 2. The number of aromatic nitrogens is 2. The summed E-state index contributed by atoms with van der Waals surface area (Å²) in [6.45, 7) is 2.59. The minimum absolute atomic E-state index is 0.0369. The number of hydrogen-bond acceptors (Lipinski definition) is 4. The predicted molar refractivity (Wildman–Crippen MR) is 81.1 cm³/mol. The second kappa shape index (κ2) is 6.00. The number of benzene rings is 1. The largest absolute Gasteiger partial charge is 0.504 e. The van der Waals surface area contributed by atoms with Crippen molar-refractivity contribution in [3.8, 4) is 11.4 Å². The molecule has 0 atom stereocenters. The second-order valence-corrected chi connectivity index (χ2v) is 5.76. The Hall–Kier alpha value is -2.41. The first-order chi connectivity index (χ1) is 11.0. The van der Waals surface area contributed by atoms with Gasteiger partial charge >= 0.3 is 0 Å². The molecule has 0 saturated carbocycles. The van der Waals surface area contributed by atoms with Gasteiger partial charge in [-0.1, -0.05) is 0 Å². The van der Waals surface area contributed by atoms with Crippen molar-refractivity contribution in [2.75, 3.05) is 13.1 Å². The number of aromatic hydroxyl groups is 1. The molecule has 2 aromatic rings. The van der Waals surface area contributed by atoms with Crippen molar-refractivity contribution in [3.63, 3.8) is 0 Å². The van der Waals surface area contributed by atoms with Gasteiger partial charge in [-0.05, 0) is 43.5 Å². The van der Waals surface area contributed by atoms with Crippen molar-refractivity contribution in [1.82, 2.24) is 14.7 Å². The zero-order valence-corrected chi connectivity index (χ0v) is 12.7. The number of piperidine rings is 1. The number of aryl methyl sites for hydroxylation is 1. The second-order valence-electron chi connectivity index (χ2n) is 5.76. The summed E-state index contributed by atoms with van der Waals surface area (Å²) in [7, 11) is 0. The molecular formula is C16H18FN3O3. The van der Waals surface area contributed by atoms with Crippen LogP contribution in [0.15, 0.2) is 24.4 Å². The quantitative estimate of drug-likeness (QED) is 0.882. The fourth-order valence-electron chi connectivity index (χ4n) is 2.74. The van der Waals surface area contributed by atoms with Crippen LogP contribution in [0.25, 0.3) is 5.69 Å². The minimum Gasteiger partial charge on any atom is -0.504 e. The van der Waals surface area contributed by atoms with E-state index in [1.807, 2.05) is 0 Å². The van der Waals surface area contributed by atoms with Crippen molar-refractivity contribution in [1.29, 1.82) is 0 Å². The first-order valence-electron chi connectivity index (χ1n) is 7.48. The van der Waals surface area contributed by atoms with E-state index in [0.717, 1.165) is 0 Å². The van der Waals surface area contributed by atoms with Gasteiger partial charge in [0.15, 0.2) is 11.4 Å². The number of aliphatic hydroxyl groups is 1. The van der Waals surface area contributed by atoms with Crippen LogP contribution in [0.4, 0.5) is 4.39 Å². The Morgan fingerprint density at radius 1 is 1.35 bits per heavy atom. The van der Waals surface area contributed by atoms with Gasteiger partial charge < -0.3 is 15.1 Å². The summed E-state index contributed by atoms with van der Waals surface area (Å²) in [5, 5.41) is 23.7. The summed E-state index contributed by atoms with van der Waals surface area (Å²) in [6, 6.07) is 4.21. The van der Waals surface area contributed by atoms with Gasteiger partial charge in [-0.3, -0.25) is 4.79 Å². The molecular weight excluding hydrogens is 301 g/mol. The third-order valence-electron chi connectivity index (χ3n) is 4.05. The van der Waals surface area contributed by atoms with E-state index >= 15 is 0 Å². The van der Waals surface area contributed by atoms with Gasteiger partial charge in [-0.25, -0.2) is 9.07 Å². The lowest BCUT2D eigenvalue weighted by atomic mass is 10.1. The van der Waals surface area contributed by atoms with Crippen LogP contribution >= 0.6 is 0 Å². The third kappa shape index (κ3) is 3.05. The average molecular weight is 319 g/mol. The predicted octanol–water partition coefficient (Wildman–Crippen LogP) is 1.62. The summed E-state index contributed by atoms with van der Waals surface area (Å²) in [5.74, 6) is -0.941. The van der Waals surface area contributed by atoms with Crippen molar-refractivity contribution in [2.24, 2.45) is 0 Å². The number of carbonyl (C=O) groups excluding carboxylic acids is 1. The number of carbonyl (C=O) groups is 1. The maximum Gasteiger partial charge on any atom is 0.278 e. The molecule has 1 saturated heterocycles. The molecule has 0 unspecified atom stereocenters. The van der Waals surface area contributed by atoms with Gasteiger partial charge in [0, 0.05) is 13.1 Å². The van der Waals surface area contributed by atoms with Gasteiger partial charge in [-0.15, -0.1) is 0 Å². The Morgan fingerprint density at radius 3 is 2.70 bits per heavy atom. The Labute approximate surface area is 132 Å². The van der Waals surface area contributed by atoms with Crippen LogP contribution in [0, 0.1) is 12.7 Å². The topological polar surface area (TPSA) is 78.6 Å². The average Bonchev–Trinajstić information content (AvgIpc) is 2.89. The van der Waals surface area contributed by atoms with E-state index in [2.05, 4.69) is 5.10 Å². The standard InChI is InChI=1S/C16H18FN3O3/c1-10-8-11(17)2-3-13(10)20-9-14(22)15(18-20)16(23)19-6-4-12(21)5-7-19/h2-3,8-9,12,21-22H,4-7H2,1H3. The van der Waals surface area contributed by atoms with E-state index in [4.69, 9.17) is 0 Å². The highest BCUT2D eigenvalue weighted by molar-refractivity contribution is 5.94. The maximum atomic E-state index is 13.2. The van der Waals surface area contributed by atoms with E-state index in [1.54, 1.807) is 17.9 Å². The summed E-state index contributed by atoms with van der Waals surface area (Å²) in [4.78, 5) is 14.0. The molecule has 1 amide bonds. The van der Waals surface area contributed by atoms with Crippen LogP contribution in [-0.2, 0) is 0 Å². The number of nitrogens with zero attached hydrogens (tertiary/aromatic N) is 3. The lowest BCUT2D eigenvalue weighted by molar-refractivity contribution is 0.0539. The molecule has 0 bridgehead atoms. The van der Waals surface area contributed by atoms with Crippen LogP contribution in [0.5, 0.6) is 5.75 Å². The molecule has 2 N–H and O–H groups in total. The molecule has 1 aromatic carbocycles. The number of amides is 1. The maximum absolute atomic E-state index is 13.2. The highest BCUT2D eigenvalue weighted by atomic mass is 19.1. The molecule has 0 radical (unpaired) electrons. The highest BCUT2D eigenvalue weighted by Crippen LogP contribution is 2.23. The van der Waals surface area contributed by atoms with E-state index < -0.39 is 0 Å². The molecule has 1 aromatic heterocycles. The lowest BCUT2D eigenvalue weighted by Crippen LogP contribution is -2.40. The first-order valence-corrected chi connectivity index (χ1v) is 7.48. The normalized spacial score (nSPS) is 15.9. The van der Waals surface area contributed by atoms with Crippen LogP contribution in [0.1, 0.15) is 28.9 Å². The van der Waals surface area contributed by atoms with Crippen molar-refractivity contribution >= 4 is 5.91 Å². The first kappa shape index (κ1) is 15.5. The van der Waals surface area contributed by atoms with Gasteiger partial charge in [-0.2, -0.15) is 5.10 Å². The molecule has 2 heterocycles. The van der Waals surface area contributed by atoms with Gasteiger partial charge in [0.1, 0.15) is 5.82 Å². The Balaban J connectivity index is 1.87. The van der Waals surface area contributed by atoms with Crippen LogP contribution in [-0.4, -0.2) is 50.0 Å². The highest BCUT2D eigenvalue weighted by Gasteiger charge is 2.26. The van der Waals surface area contributed by atoms with E-state index in [0.29, 0.717) is 37.2 Å². The van der Waals surface area contributed by atoms with Crippen LogP contribution in [0.3, 0.4) is 0 Å². The fourth-order valence-corrected chi connectivity index (χ4v) is 2.74. The zero-order valence-electron chi connectivity index (χ0n) is 12.7. The number of likely N-dealkylation sites (tertiary alicyclic amines) is 1. The summed E-state index contributed by atoms with van der Waals surface area (Å²) in [5.41, 5.74) is 1.20.